The average Bonchev–Trinajstić information content (AvgIpc) is 2.68. The van der Waals surface area contributed by atoms with Crippen LogP contribution in [-0.4, -0.2) is 16.4 Å². The first kappa shape index (κ1) is 9.86. The number of nitrogens with zero attached hydrogens (tertiary/aromatic N) is 2. The van der Waals surface area contributed by atoms with Crippen molar-refractivity contribution < 1.29 is 9.32 Å². The van der Waals surface area contributed by atoms with Crippen molar-refractivity contribution >= 4 is 17.9 Å². The summed E-state index contributed by atoms with van der Waals surface area (Å²) in [6.07, 6.45) is 0.861. The van der Waals surface area contributed by atoms with Crippen LogP contribution in [0.5, 0.6) is 0 Å². The van der Waals surface area contributed by atoms with Gasteiger partial charge in [-0.15, -0.1) is 0 Å². The molecule has 0 aliphatic carbocycles. The Labute approximate surface area is 90.9 Å². The summed E-state index contributed by atoms with van der Waals surface area (Å²) in [4.78, 5) is 14.3. The standard InChI is InChI=1S/C10H7ClN2O2/c11-8-3-1-7(2-4-8)10-12-9(5-6-14)15-13-10/h1-4,6H,5H2. The summed E-state index contributed by atoms with van der Waals surface area (Å²) in [7, 11) is 0. The lowest BCUT2D eigenvalue weighted by Crippen LogP contribution is -1.85. The number of hydrogen-bond acceptors (Lipinski definition) is 4. The van der Waals surface area contributed by atoms with E-state index < -0.39 is 0 Å². The second-order valence-electron chi connectivity index (χ2n) is 2.89. The minimum atomic E-state index is 0.139. The van der Waals surface area contributed by atoms with Crippen LogP contribution in [0.3, 0.4) is 0 Å². The zero-order valence-electron chi connectivity index (χ0n) is 7.68. The molecule has 0 radical (unpaired) electrons. The van der Waals surface area contributed by atoms with E-state index in [0.717, 1.165) is 11.8 Å². The van der Waals surface area contributed by atoms with Gasteiger partial charge < -0.3 is 9.32 Å². The van der Waals surface area contributed by atoms with Crippen LogP contribution in [0.15, 0.2) is 28.8 Å². The van der Waals surface area contributed by atoms with Crippen LogP contribution in [0.2, 0.25) is 5.02 Å². The normalized spacial score (nSPS) is 10.2. The van der Waals surface area contributed by atoms with Gasteiger partial charge in [-0.3, -0.25) is 0 Å². The van der Waals surface area contributed by atoms with Crippen molar-refractivity contribution in [2.45, 2.75) is 6.42 Å². The fraction of sp³-hybridized carbons (Fsp3) is 0.100. The number of rotatable bonds is 3. The lowest BCUT2D eigenvalue weighted by Gasteiger charge is -1.92. The van der Waals surface area contributed by atoms with Gasteiger partial charge in [0, 0.05) is 10.6 Å². The number of aldehydes is 1. The first-order valence-electron chi connectivity index (χ1n) is 4.32. The SMILES string of the molecule is O=CCc1nc(-c2ccc(Cl)cc2)no1. The van der Waals surface area contributed by atoms with Crippen LogP contribution >= 0.6 is 11.6 Å². The maximum Gasteiger partial charge on any atom is 0.234 e. The molecule has 0 amide bonds. The van der Waals surface area contributed by atoms with Gasteiger partial charge in [0.15, 0.2) is 0 Å². The molecule has 0 aliphatic rings. The number of hydrogen-bond donors (Lipinski definition) is 0. The molecule has 1 aromatic heterocycles. The number of benzene rings is 1. The lowest BCUT2D eigenvalue weighted by atomic mass is 10.2. The van der Waals surface area contributed by atoms with Crippen LogP contribution in [0, 0.1) is 0 Å². The molecular formula is C10H7ClN2O2. The minimum Gasteiger partial charge on any atom is -0.339 e. The van der Waals surface area contributed by atoms with Crippen molar-refractivity contribution in [2.75, 3.05) is 0 Å². The fourth-order valence-electron chi connectivity index (χ4n) is 1.13. The molecule has 0 saturated heterocycles. The predicted molar refractivity (Wildman–Crippen MR) is 54.5 cm³/mol. The number of carbonyl (C=O) groups excluding carboxylic acids is 1. The molecule has 4 nitrogen and oxygen atoms in total. The van der Waals surface area contributed by atoms with Gasteiger partial charge in [0.25, 0.3) is 0 Å². The highest BCUT2D eigenvalue weighted by molar-refractivity contribution is 6.30. The van der Waals surface area contributed by atoms with E-state index in [2.05, 4.69) is 10.1 Å². The summed E-state index contributed by atoms with van der Waals surface area (Å²) >= 11 is 5.74. The maximum atomic E-state index is 10.2. The molecule has 0 atom stereocenters. The van der Waals surface area contributed by atoms with Crippen molar-refractivity contribution in [1.82, 2.24) is 10.1 Å². The number of halogens is 1. The topological polar surface area (TPSA) is 56.0 Å². The molecule has 1 heterocycles. The van der Waals surface area contributed by atoms with Crippen LogP contribution < -0.4 is 0 Å². The Bertz CT molecular complexity index is 465. The molecular weight excluding hydrogens is 216 g/mol. The Kier molecular flexibility index (Phi) is 2.78. The molecule has 1 aromatic carbocycles. The zero-order valence-corrected chi connectivity index (χ0v) is 8.44. The Hall–Kier alpha value is -1.68. The van der Waals surface area contributed by atoms with Gasteiger partial charge in [-0.25, -0.2) is 0 Å². The molecule has 2 aromatic rings. The quantitative estimate of drug-likeness (QED) is 0.747. The van der Waals surface area contributed by atoms with Gasteiger partial charge in [0.2, 0.25) is 11.7 Å². The lowest BCUT2D eigenvalue weighted by molar-refractivity contribution is -0.107. The molecule has 5 heteroatoms. The summed E-state index contributed by atoms with van der Waals surface area (Å²) < 4.78 is 4.86. The molecule has 2 rings (SSSR count). The van der Waals surface area contributed by atoms with E-state index in [1.165, 1.54) is 0 Å². The molecule has 0 spiro atoms. The number of carbonyl (C=O) groups is 1. The van der Waals surface area contributed by atoms with Gasteiger partial charge >= 0.3 is 0 Å². The Morgan fingerprint density at radius 1 is 1.33 bits per heavy atom. The second-order valence-corrected chi connectivity index (χ2v) is 3.33. The molecule has 0 unspecified atom stereocenters. The average molecular weight is 223 g/mol. The van der Waals surface area contributed by atoms with E-state index in [9.17, 15) is 4.79 Å². The van der Waals surface area contributed by atoms with Crippen molar-refractivity contribution in [1.29, 1.82) is 0 Å². The van der Waals surface area contributed by atoms with E-state index in [4.69, 9.17) is 16.1 Å². The molecule has 0 aliphatic heterocycles. The van der Waals surface area contributed by atoms with Crippen LogP contribution in [0.1, 0.15) is 5.89 Å². The first-order valence-corrected chi connectivity index (χ1v) is 4.69. The van der Waals surface area contributed by atoms with E-state index >= 15 is 0 Å². The van der Waals surface area contributed by atoms with Gasteiger partial charge in [0.05, 0.1) is 6.42 Å². The molecule has 15 heavy (non-hydrogen) atoms. The van der Waals surface area contributed by atoms with Crippen LogP contribution in [0.25, 0.3) is 11.4 Å². The second kappa shape index (κ2) is 4.23. The first-order chi connectivity index (χ1) is 7.29. The zero-order chi connectivity index (χ0) is 10.7. The van der Waals surface area contributed by atoms with E-state index in [0.29, 0.717) is 16.7 Å². The van der Waals surface area contributed by atoms with Crippen molar-refractivity contribution in [3.8, 4) is 11.4 Å². The predicted octanol–water partition coefficient (Wildman–Crippen LogP) is 2.13. The summed E-state index contributed by atoms with van der Waals surface area (Å²) in [6, 6.07) is 7.06. The third-order valence-corrected chi connectivity index (χ3v) is 2.08. The highest BCUT2D eigenvalue weighted by Gasteiger charge is 2.07. The summed E-state index contributed by atoms with van der Waals surface area (Å²) in [5.74, 6) is 0.776. The monoisotopic (exact) mass is 222 g/mol. The van der Waals surface area contributed by atoms with E-state index in [1.807, 2.05) is 0 Å². The molecule has 0 bridgehead atoms. The van der Waals surface area contributed by atoms with Crippen molar-refractivity contribution in [3.63, 3.8) is 0 Å². The van der Waals surface area contributed by atoms with Crippen molar-refractivity contribution in [2.24, 2.45) is 0 Å². The third-order valence-electron chi connectivity index (χ3n) is 1.83. The smallest absolute Gasteiger partial charge is 0.234 e. The fourth-order valence-corrected chi connectivity index (χ4v) is 1.25. The summed E-state index contributed by atoms with van der Waals surface area (Å²) in [6.45, 7) is 0. The molecule has 0 N–H and O–H groups in total. The van der Waals surface area contributed by atoms with E-state index in [1.54, 1.807) is 24.3 Å². The van der Waals surface area contributed by atoms with Crippen LogP contribution in [-0.2, 0) is 11.2 Å². The molecule has 76 valence electrons. The highest BCUT2D eigenvalue weighted by Crippen LogP contribution is 2.18. The summed E-state index contributed by atoms with van der Waals surface area (Å²) in [5, 5.41) is 4.40. The Morgan fingerprint density at radius 3 is 2.73 bits per heavy atom. The summed E-state index contributed by atoms with van der Waals surface area (Å²) in [5.41, 5.74) is 0.806. The third kappa shape index (κ3) is 2.22. The largest absolute Gasteiger partial charge is 0.339 e. The van der Waals surface area contributed by atoms with Gasteiger partial charge in [-0.2, -0.15) is 4.98 Å². The maximum absolute atomic E-state index is 10.2. The highest BCUT2D eigenvalue weighted by atomic mass is 35.5. The molecule has 0 saturated carbocycles. The van der Waals surface area contributed by atoms with Crippen molar-refractivity contribution in [3.05, 3.63) is 35.2 Å². The Balaban J connectivity index is 2.28. The molecule has 0 fully saturated rings. The van der Waals surface area contributed by atoms with Gasteiger partial charge in [0.1, 0.15) is 6.29 Å². The van der Waals surface area contributed by atoms with Gasteiger partial charge in [-0.1, -0.05) is 16.8 Å². The van der Waals surface area contributed by atoms with E-state index in [-0.39, 0.29) is 6.42 Å². The van der Waals surface area contributed by atoms with Gasteiger partial charge in [-0.05, 0) is 24.3 Å². The Morgan fingerprint density at radius 2 is 2.07 bits per heavy atom. The minimum absolute atomic E-state index is 0.139. The van der Waals surface area contributed by atoms with Crippen LogP contribution in [0.4, 0.5) is 0 Å². The number of aromatic nitrogens is 2.